The molecule has 0 atom stereocenters. The Bertz CT molecular complexity index is 527. The lowest BCUT2D eigenvalue weighted by Crippen LogP contribution is -2.27. The third-order valence-corrected chi connectivity index (χ3v) is 3.03. The van der Waals surface area contributed by atoms with Gasteiger partial charge in [0.2, 0.25) is 5.89 Å². The number of nitrogens with zero attached hydrogens (tertiary/aromatic N) is 2. The predicted octanol–water partition coefficient (Wildman–Crippen LogP) is 2.65. The zero-order valence-electron chi connectivity index (χ0n) is 11.2. The van der Waals surface area contributed by atoms with Crippen molar-refractivity contribution in [2.24, 2.45) is 0 Å². The molecule has 0 aliphatic carbocycles. The molecule has 1 aromatic heterocycles. The lowest BCUT2D eigenvalue weighted by molar-refractivity contribution is 0.324. The number of rotatable bonds is 6. The molecule has 0 saturated carbocycles. The summed E-state index contributed by atoms with van der Waals surface area (Å²) >= 11 is 5.96. The SMILES string of the molecule is CNCCN(C)Cc1coc(-c2cccc(Cl)c2)n1. The maximum atomic E-state index is 5.96. The van der Waals surface area contributed by atoms with Crippen molar-refractivity contribution in [1.82, 2.24) is 15.2 Å². The third kappa shape index (κ3) is 4.06. The van der Waals surface area contributed by atoms with Crippen LogP contribution in [0.3, 0.4) is 0 Å². The van der Waals surface area contributed by atoms with Gasteiger partial charge in [-0.05, 0) is 32.3 Å². The first-order valence-electron chi connectivity index (χ1n) is 6.22. The third-order valence-electron chi connectivity index (χ3n) is 2.80. The van der Waals surface area contributed by atoms with Gasteiger partial charge in [0, 0.05) is 30.2 Å². The van der Waals surface area contributed by atoms with Gasteiger partial charge in [0.05, 0.1) is 5.69 Å². The van der Waals surface area contributed by atoms with Crippen LogP contribution in [0.1, 0.15) is 5.69 Å². The topological polar surface area (TPSA) is 41.3 Å². The van der Waals surface area contributed by atoms with E-state index >= 15 is 0 Å². The van der Waals surface area contributed by atoms with E-state index in [-0.39, 0.29) is 0 Å². The summed E-state index contributed by atoms with van der Waals surface area (Å²) in [5, 5.41) is 3.81. The predicted molar refractivity (Wildman–Crippen MR) is 77.2 cm³/mol. The van der Waals surface area contributed by atoms with Gasteiger partial charge in [-0.2, -0.15) is 0 Å². The molecule has 2 aromatic rings. The number of benzene rings is 1. The highest BCUT2D eigenvalue weighted by Gasteiger charge is 2.08. The molecule has 0 fully saturated rings. The summed E-state index contributed by atoms with van der Waals surface area (Å²) in [6.45, 7) is 2.69. The van der Waals surface area contributed by atoms with Crippen molar-refractivity contribution in [3.63, 3.8) is 0 Å². The molecule has 0 spiro atoms. The molecule has 1 heterocycles. The Kier molecular flexibility index (Phi) is 4.96. The molecule has 0 unspecified atom stereocenters. The van der Waals surface area contributed by atoms with Crippen molar-refractivity contribution >= 4 is 11.6 Å². The Balaban J connectivity index is 2.03. The maximum absolute atomic E-state index is 5.96. The monoisotopic (exact) mass is 279 g/mol. The van der Waals surface area contributed by atoms with E-state index in [1.54, 1.807) is 6.26 Å². The van der Waals surface area contributed by atoms with Crippen LogP contribution in [-0.2, 0) is 6.54 Å². The number of hydrogen-bond donors (Lipinski definition) is 1. The van der Waals surface area contributed by atoms with Crippen LogP contribution in [-0.4, -0.2) is 37.1 Å². The van der Waals surface area contributed by atoms with Crippen molar-refractivity contribution in [2.75, 3.05) is 27.2 Å². The van der Waals surface area contributed by atoms with Crippen molar-refractivity contribution in [1.29, 1.82) is 0 Å². The minimum absolute atomic E-state index is 0.611. The molecule has 0 aliphatic rings. The second-order valence-electron chi connectivity index (χ2n) is 4.50. The van der Waals surface area contributed by atoms with E-state index in [1.165, 1.54) is 0 Å². The van der Waals surface area contributed by atoms with Crippen molar-refractivity contribution in [3.8, 4) is 11.5 Å². The van der Waals surface area contributed by atoms with E-state index in [0.717, 1.165) is 30.9 Å². The average molecular weight is 280 g/mol. The van der Waals surface area contributed by atoms with E-state index in [4.69, 9.17) is 16.0 Å². The maximum Gasteiger partial charge on any atom is 0.226 e. The summed E-state index contributed by atoms with van der Waals surface area (Å²) < 4.78 is 5.50. The fourth-order valence-corrected chi connectivity index (χ4v) is 1.98. The van der Waals surface area contributed by atoms with Crippen LogP contribution in [0.2, 0.25) is 5.02 Å². The van der Waals surface area contributed by atoms with Gasteiger partial charge in [-0.25, -0.2) is 4.98 Å². The van der Waals surface area contributed by atoms with Gasteiger partial charge in [-0.15, -0.1) is 0 Å². The molecule has 0 radical (unpaired) electrons. The molecule has 1 aromatic carbocycles. The summed E-state index contributed by atoms with van der Waals surface area (Å²) in [5.74, 6) is 0.611. The quantitative estimate of drug-likeness (QED) is 0.883. The van der Waals surface area contributed by atoms with Crippen LogP contribution in [0.25, 0.3) is 11.5 Å². The van der Waals surface area contributed by atoms with Crippen LogP contribution < -0.4 is 5.32 Å². The highest BCUT2D eigenvalue weighted by atomic mass is 35.5. The fraction of sp³-hybridized carbons (Fsp3) is 0.357. The number of halogens is 1. The summed E-state index contributed by atoms with van der Waals surface area (Å²) in [5.41, 5.74) is 1.82. The second kappa shape index (κ2) is 6.70. The summed E-state index contributed by atoms with van der Waals surface area (Å²) in [4.78, 5) is 6.67. The second-order valence-corrected chi connectivity index (χ2v) is 4.93. The first-order chi connectivity index (χ1) is 9.19. The number of aromatic nitrogens is 1. The Hall–Kier alpha value is -1.36. The van der Waals surface area contributed by atoms with Gasteiger partial charge in [0.15, 0.2) is 0 Å². The van der Waals surface area contributed by atoms with Crippen LogP contribution in [0.15, 0.2) is 34.9 Å². The Morgan fingerprint density at radius 3 is 3.00 bits per heavy atom. The summed E-state index contributed by atoms with van der Waals surface area (Å²) in [7, 11) is 4.01. The van der Waals surface area contributed by atoms with Crippen molar-refractivity contribution in [3.05, 3.63) is 41.2 Å². The van der Waals surface area contributed by atoms with Crippen LogP contribution in [0.5, 0.6) is 0 Å². The van der Waals surface area contributed by atoms with Crippen molar-refractivity contribution in [2.45, 2.75) is 6.54 Å². The molecule has 19 heavy (non-hydrogen) atoms. The van der Waals surface area contributed by atoms with Gasteiger partial charge in [-0.1, -0.05) is 17.7 Å². The van der Waals surface area contributed by atoms with Crippen LogP contribution in [0.4, 0.5) is 0 Å². The van der Waals surface area contributed by atoms with E-state index in [9.17, 15) is 0 Å². The first-order valence-corrected chi connectivity index (χ1v) is 6.60. The molecule has 1 N–H and O–H groups in total. The summed E-state index contributed by atoms with van der Waals surface area (Å²) in [6.07, 6.45) is 1.70. The molecular weight excluding hydrogens is 262 g/mol. The zero-order valence-corrected chi connectivity index (χ0v) is 11.9. The van der Waals surface area contributed by atoms with Gasteiger partial charge < -0.3 is 9.73 Å². The lowest BCUT2D eigenvalue weighted by atomic mass is 10.2. The fourth-order valence-electron chi connectivity index (χ4n) is 1.79. The molecule has 4 nitrogen and oxygen atoms in total. The number of likely N-dealkylation sites (N-methyl/N-ethyl adjacent to an activating group) is 2. The number of nitrogens with one attached hydrogen (secondary N) is 1. The average Bonchev–Trinajstić information content (AvgIpc) is 2.85. The molecule has 5 heteroatoms. The van der Waals surface area contributed by atoms with Gasteiger partial charge in [-0.3, -0.25) is 4.90 Å². The van der Waals surface area contributed by atoms with E-state index in [2.05, 4.69) is 22.2 Å². The highest BCUT2D eigenvalue weighted by molar-refractivity contribution is 6.30. The standard InChI is InChI=1S/C14H18ClN3O/c1-16-6-7-18(2)9-13-10-19-14(17-13)11-4-3-5-12(15)8-11/h3-5,8,10,16H,6-7,9H2,1-2H3. The molecule has 102 valence electrons. The lowest BCUT2D eigenvalue weighted by Gasteiger charge is -2.13. The normalized spacial score (nSPS) is 11.2. The van der Waals surface area contributed by atoms with Gasteiger partial charge >= 0.3 is 0 Å². The highest BCUT2D eigenvalue weighted by Crippen LogP contribution is 2.22. The molecule has 0 aliphatic heterocycles. The molecule has 0 bridgehead atoms. The van der Waals surface area contributed by atoms with Gasteiger partial charge in [0.25, 0.3) is 0 Å². The minimum atomic E-state index is 0.611. The van der Waals surface area contributed by atoms with Crippen LogP contribution >= 0.6 is 11.6 Å². The smallest absolute Gasteiger partial charge is 0.226 e. The zero-order chi connectivity index (χ0) is 13.7. The molecule has 0 amide bonds. The number of hydrogen-bond acceptors (Lipinski definition) is 4. The first kappa shape index (κ1) is 14.1. The van der Waals surface area contributed by atoms with E-state index in [1.807, 2.05) is 31.3 Å². The Morgan fingerprint density at radius 2 is 2.26 bits per heavy atom. The molecule has 2 rings (SSSR count). The summed E-state index contributed by atoms with van der Waals surface area (Å²) in [6, 6.07) is 7.51. The van der Waals surface area contributed by atoms with Gasteiger partial charge in [0.1, 0.15) is 6.26 Å². The Labute approximate surface area is 118 Å². The van der Waals surface area contributed by atoms with E-state index < -0.39 is 0 Å². The largest absolute Gasteiger partial charge is 0.444 e. The molecule has 0 saturated heterocycles. The van der Waals surface area contributed by atoms with E-state index in [0.29, 0.717) is 10.9 Å². The van der Waals surface area contributed by atoms with Crippen molar-refractivity contribution < 1.29 is 4.42 Å². The Morgan fingerprint density at radius 1 is 1.42 bits per heavy atom. The minimum Gasteiger partial charge on any atom is -0.444 e. The number of oxazole rings is 1. The van der Waals surface area contributed by atoms with Crippen LogP contribution in [0, 0.1) is 0 Å². The molecular formula is C14H18ClN3O.